The minimum absolute atomic E-state index is 0.0712. The van der Waals surface area contributed by atoms with Gasteiger partial charge in [0.2, 0.25) is 5.91 Å². The first-order chi connectivity index (χ1) is 9.50. The van der Waals surface area contributed by atoms with Gasteiger partial charge in [-0.3, -0.25) is 4.79 Å². The number of benzene rings is 1. The highest BCUT2D eigenvalue weighted by Crippen LogP contribution is 2.32. The Labute approximate surface area is 126 Å². The van der Waals surface area contributed by atoms with Crippen LogP contribution in [-0.4, -0.2) is 31.7 Å². The highest BCUT2D eigenvalue weighted by molar-refractivity contribution is 6.36. The van der Waals surface area contributed by atoms with Crippen LogP contribution in [0.5, 0.6) is 0 Å². The van der Waals surface area contributed by atoms with Crippen LogP contribution in [0, 0.1) is 5.82 Å². The molecule has 1 amide bonds. The lowest BCUT2D eigenvalue weighted by molar-refractivity contribution is -0.126. The SMILES string of the molecule is C[C@H](NC(=O)[C@H]1COCCN1)c1c(Cl)ccc(F)c1Cl. The standard InChI is InChI=1S/C13H15Cl2FN2O2/c1-7(11-8(14)2-3-9(16)12(11)15)18-13(19)10-6-20-5-4-17-10/h2-3,7,10,17H,4-6H2,1H3,(H,18,19)/t7-,10+/m0/s1. The molecule has 0 saturated carbocycles. The zero-order chi connectivity index (χ0) is 14.7. The highest BCUT2D eigenvalue weighted by Gasteiger charge is 2.25. The minimum Gasteiger partial charge on any atom is -0.378 e. The van der Waals surface area contributed by atoms with E-state index in [1.807, 2.05) is 0 Å². The van der Waals surface area contributed by atoms with Gasteiger partial charge in [0.25, 0.3) is 0 Å². The summed E-state index contributed by atoms with van der Waals surface area (Å²) < 4.78 is 18.7. The number of carbonyl (C=O) groups excluding carboxylic acids is 1. The maximum absolute atomic E-state index is 13.5. The van der Waals surface area contributed by atoms with Crippen LogP contribution >= 0.6 is 23.2 Å². The van der Waals surface area contributed by atoms with Crippen molar-refractivity contribution in [2.75, 3.05) is 19.8 Å². The summed E-state index contributed by atoms with van der Waals surface area (Å²) in [5.41, 5.74) is 0.374. The van der Waals surface area contributed by atoms with Crippen molar-refractivity contribution in [2.45, 2.75) is 19.0 Å². The molecule has 20 heavy (non-hydrogen) atoms. The zero-order valence-electron chi connectivity index (χ0n) is 10.9. The van der Waals surface area contributed by atoms with Crippen LogP contribution in [0.1, 0.15) is 18.5 Å². The molecule has 4 nitrogen and oxygen atoms in total. The van der Waals surface area contributed by atoms with E-state index in [1.54, 1.807) is 6.92 Å². The average Bonchev–Trinajstić information content (AvgIpc) is 2.44. The summed E-state index contributed by atoms with van der Waals surface area (Å²) in [6.07, 6.45) is 0. The van der Waals surface area contributed by atoms with Crippen molar-refractivity contribution in [3.63, 3.8) is 0 Å². The average molecular weight is 321 g/mol. The van der Waals surface area contributed by atoms with Gasteiger partial charge in [0, 0.05) is 17.1 Å². The molecule has 2 atom stereocenters. The second kappa shape index (κ2) is 6.72. The zero-order valence-corrected chi connectivity index (χ0v) is 12.4. The largest absolute Gasteiger partial charge is 0.378 e. The van der Waals surface area contributed by atoms with Gasteiger partial charge in [0.15, 0.2) is 0 Å². The Balaban J connectivity index is 2.10. The monoisotopic (exact) mass is 320 g/mol. The third-order valence-electron chi connectivity index (χ3n) is 3.11. The van der Waals surface area contributed by atoms with Gasteiger partial charge in [-0.25, -0.2) is 4.39 Å². The van der Waals surface area contributed by atoms with Crippen molar-refractivity contribution in [3.05, 3.63) is 33.6 Å². The molecule has 1 saturated heterocycles. The first-order valence-corrected chi connectivity index (χ1v) is 7.01. The molecular weight excluding hydrogens is 306 g/mol. The summed E-state index contributed by atoms with van der Waals surface area (Å²) in [4.78, 5) is 12.1. The lowest BCUT2D eigenvalue weighted by Gasteiger charge is -2.25. The lowest BCUT2D eigenvalue weighted by atomic mass is 10.1. The van der Waals surface area contributed by atoms with E-state index in [9.17, 15) is 9.18 Å². The van der Waals surface area contributed by atoms with Crippen LogP contribution in [0.3, 0.4) is 0 Å². The summed E-state index contributed by atoms with van der Waals surface area (Å²) in [5, 5.41) is 6.04. The van der Waals surface area contributed by atoms with Gasteiger partial charge in [-0.05, 0) is 19.1 Å². The summed E-state index contributed by atoms with van der Waals surface area (Å²) in [6, 6.07) is 1.70. The Hall–Kier alpha value is -0.880. The molecule has 2 N–H and O–H groups in total. The molecule has 110 valence electrons. The normalized spacial score (nSPS) is 20.5. The van der Waals surface area contributed by atoms with E-state index in [-0.39, 0.29) is 10.9 Å². The van der Waals surface area contributed by atoms with Gasteiger partial charge in [-0.2, -0.15) is 0 Å². The third-order valence-corrected chi connectivity index (χ3v) is 3.82. The number of halogens is 3. The van der Waals surface area contributed by atoms with Gasteiger partial charge >= 0.3 is 0 Å². The fourth-order valence-electron chi connectivity index (χ4n) is 2.06. The molecule has 0 radical (unpaired) electrons. The molecule has 0 spiro atoms. The second-order valence-electron chi connectivity index (χ2n) is 4.57. The van der Waals surface area contributed by atoms with Crippen LogP contribution in [0.15, 0.2) is 12.1 Å². The molecule has 0 aliphatic carbocycles. The van der Waals surface area contributed by atoms with Crippen molar-refractivity contribution < 1.29 is 13.9 Å². The number of nitrogens with one attached hydrogen (secondary N) is 2. The first-order valence-electron chi connectivity index (χ1n) is 6.25. The van der Waals surface area contributed by atoms with Crippen molar-refractivity contribution >= 4 is 29.1 Å². The van der Waals surface area contributed by atoms with Crippen molar-refractivity contribution in [1.29, 1.82) is 0 Å². The van der Waals surface area contributed by atoms with E-state index in [2.05, 4.69) is 10.6 Å². The number of hydrogen-bond acceptors (Lipinski definition) is 3. The number of amides is 1. The van der Waals surface area contributed by atoms with Gasteiger partial charge in [-0.15, -0.1) is 0 Å². The predicted octanol–water partition coefficient (Wildman–Crippen LogP) is 2.30. The summed E-state index contributed by atoms with van der Waals surface area (Å²) >= 11 is 11.9. The van der Waals surface area contributed by atoms with E-state index < -0.39 is 17.9 Å². The molecule has 7 heteroatoms. The summed E-state index contributed by atoms with van der Waals surface area (Å²) in [7, 11) is 0. The van der Waals surface area contributed by atoms with Crippen LogP contribution in [0.4, 0.5) is 4.39 Å². The molecule has 1 heterocycles. The van der Waals surface area contributed by atoms with Crippen molar-refractivity contribution in [3.8, 4) is 0 Å². The van der Waals surface area contributed by atoms with Crippen LogP contribution < -0.4 is 10.6 Å². The predicted molar refractivity (Wildman–Crippen MR) is 75.6 cm³/mol. The van der Waals surface area contributed by atoms with E-state index in [0.717, 1.165) is 0 Å². The lowest BCUT2D eigenvalue weighted by Crippen LogP contribution is -2.51. The van der Waals surface area contributed by atoms with E-state index in [4.69, 9.17) is 27.9 Å². The number of morpholine rings is 1. The van der Waals surface area contributed by atoms with Crippen molar-refractivity contribution in [1.82, 2.24) is 10.6 Å². The Morgan fingerprint density at radius 1 is 1.55 bits per heavy atom. The number of ether oxygens (including phenoxy) is 1. The molecule has 0 unspecified atom stereocenters. The summed E-state index contributed by atoms with van der Waals surface area (Å²) in [5.74, 6) is -0.792. The fraction of sp³-hybridized carbons (Fsp3) is 0.462. The van der Waals surface area contributed by atoms with Gasteiger partial charge in [0.05, 0.1) is 24.3 Å². The minimum atomic E-state index is -0.564. The van der Waals surface area contributed by atoms with Crippen LogP contribution in [0.25, 0.3) is 0 Å². The number of hydrogen-bond donors (Lipinski definition) is 2. The smallest absolute Gasteiger partial charge is 0.240 e. The third kappa shape index (κ3) is 3.41. The molecule has 2 rings (SSSR count). The Bertz CT molecular complexity index is 507. The fourth-order valence-corrected chi connectivity index (χ4v) is 2.76. The quantitative estimate of drug-likeness (QED) is 0.840. The second-order valence-corrected chi connectivity index (χ2v) is 5.35. The molecule has 1 fully saturated rings. The van der Waals surface area contributed by atoms with Gasteiger partial charge < -0.3 is 15.4 Å². The summed E-state index contributed by atoms with van der Waals surface area (Å²) in [6.45, 7) is 3.21. The van der Waals surface area contributed by atoms with E-state index in [0.29, 0.717) is 30.3 Å². The Kier molecular flexibility index (Phi) is 5.21. The van der Waals surface area contributed by atoms with E-state index >= 15 is 0 Å². The topological polar surface area (TPSA) is 50.4 Å². The number of carbonyl (C=O) groups is 1. The molecular formula is C13H15Cl2FN2O2. The molecule has 0 aromatic heterocycles. The van der Waals surface area contributed by atoms with E-state index in [1.165, 1.54) is 12.1 Å². The van der Waals surface area contributed by atoms with Crippen LogP contribution in [0.2, 0.25) is 10.0 Å². The molecule has 1 aromatic rings. The maximum atomic E-state index is 13.5. The maximum Gasteiger partial charge on any atom is 0.240 e. The van der Waals surface area contributed by atoms with Crippen LogP contribution in [-0.2, 0) is 9.53 Å². The molecule has 1 aliphatic heterocycles. The molecule has 1 aromatic carbocycles. The molecule has 0 bridgehead atoms. The first kappa shape index (κ1) is 15.5. The van der Waals surface area contributed by atoms with Gasteiger partial charge in [0.1, 0.15) is 11.9 Å². The Morgan fingerprint density at radius 2 is 2.30 bits per heavy atom. The number of rotatable bonds is 3. The molecule has 1 aliphatic rings. The van der Waals surface area contributed by atoms with Gasteiger partial charge in [-0.1, -0.05) is 23.2 Å². The highest BCUT2D eigenvalue weighted by atomic mass is 35.5. The Morgan fingerprint density at radius 3 is 2.95 bits per heavy atom. The van der Waals surface area contributed by atoms with Crippen molar-refractivity contribution in [2.24, 2.45) is 0 Å².